The van der Waals surface area contributed by atoms with E-state index in [-0.39, 0.29) is 17.7 Å². The molecule has 0 radical (unpaired) electrons. The SMILES string of the molecule is CCCC1CCCN(CC(=O)NNC(=O)C2CCC2)CC1. The third-order valence-corrected chi connectivity index (χ3v) is 4.81. The minimum atomic E-state index is -0.100. The number of rotatable bonds is 5. The lowest BCUT2D eigenvalue weighted by molar-refractivity contribution is -0.133. The van der Waals surface area contributed by atoms with E-state index in [1.807, 2.05) is 0 Å². The predicted molar refractivity (Wildman–Crippen MR) is 82.3 cm³/mol. The first-order chi connectivity index (χ1) is 10.2. The zero-order chi connectivity index (χ0) is 15.1. The van der Waals surface area contributed by atoms with Gasteiger partial charge >= 0.3 is 0 Å². The number of amides is 2. The summed E-state index contributed by atoms with van der Waals surface area (Å²) in [6.45, 7) is 4.61. The number of hydrazine groups is 1. The second-order valence-electron chi connectivity index (χ2n) is 6.53. The summed E-state index contributed by atoms with van der Waals surface area (Å²) in [6, 6.07) is 0. The summed E-state index contributed by atoms with van der Waals surface area (Å²) in [4.78, 5) is 25.8. The monoisotopic (exact) mass is 295 g/mol. The van der Waals surface area contributed by atoms with Crippen LogP contribution in [0.1, 0.15) is 58.3 Å². The van der Waals surface area contributed by atoms with Gasteiger partial charge in [-0.2, -0.15) is 0 Å². The molecule has 0 aromatic heterocycles. The Balaban J connectivity index is 1.63. The Morgan fingerprint density at radius 2 is 1.86 bits per heavy atom. The number of hydrogen-bond acceptors (Lipinski definition) is 3. The van der Waals surface area contributed by atoms with Crippen molar-refractivity contribution in [3.05, 3.63) is 0 Å². The molecule has 5 nitrogen and oxygen atoms in total. The molecule has 21 heavy (non-hydrogen) atoms. The highest BCUT2D eigenvalue weighted by molar-refractivity contribution is 5.84. The van der Waals surface area contributed by atoms with Gasteiger partial charge in [-0.05, 0) is 51.1 Å². The van der Waals surface area contributed by atoms with E-state index in [2.05, 4.69) is 22.7 Å². The van der Waals surface area contributed by atoms with Crippen molar-refractivity contribution in [3.63, 3.8) is 0 Å². The minimum Gasteiger partial charge on any atom is -0.294 e. The zero-order valence-corrected chi connectivity index (χ0v) is 13.2. The fraction of sp³-hybridized carbons (Fsp3) is 0.875. The first-order valence-corrected chi connectivity index (χ1v) is 8.50. The lowest BCUT2D eigenvalue weighted by Crippen LogP contribution is -2.49. The molecule has 5 heteroatoms. The van der Waals surface area contributed by atoms with Crippen LogP contribution in [-0.2, 0) is 9.59 Å². The van der Waals surface area contributed by atoms with Crippen LogP contribution in [0.25, 0.3) is 0 Å². The highest BCUT2D eigenvalue weighted by Crippen LogP contribution is 2.25. The van der Waals surface area contributed by atoms with Gasteiger partial charge in [0.05, 0.1) is 6.54 Å². The number of carbonyl (C=O) groups excluding carboxylic acids is 2. The molecule has 120 valence electrons. The number of likely N-dealkylation sites (tertiary alicyclic amines) is 1. The summed E-state index contributed by atoms with van der Waals surface area (Å²) in [7, 11) is 0. The van der Waals surface area contributed by atoms with Crippen LogP contribution >= 0.6 is 0 Å². The smallest absolute Gasteiger partial charge is 0.252 e. The second-order valence-corrected chi connectivity index (χ2v) is 6.53. The van der Waals surface area contributed by atoms with E-state index >= 15 is 0 Å². The van der Waals surface area contributed by atoms with Crippen LogP contribution in [0.15, 0.2) is 0 Å². The van der Waals surface area contributed by atoms with E-state index in [4.69, 9.17) is 0 Å². The molecule has 1 saturated heterocycles. The Morgan fingerprint density at radius 1 is 1.05 bits per heavy atom. The quantitative estimate of drug-likeness (QED) is 0.761. The Labute approximate surface area is 127 Å². The number of hydrogen-bond donors (Lipinski definition) is 2. The molecular formula is C16H29N3O2. The molecule has 2 fully saturated rings. The van der Waals surface area contributed by atoms with Gasteiger partial charge in [0.2, 0.25) is 5.91 Å². The Kier molecular flexibility index (Phi) is 6.49. The van der Waals surface area contributed by atoms with Crippen molar-refractivity contribution in [1.82, 2.24) is 15.8 Å². The van der Waals surface area contributed by atoms with Gasteiger partial charge in [-0.15, -0.1) is 0 Å². The second kappa shape index (κ2) is 8.37. The third-order valence-electron chi connectivity index (χ3n) is 4.81. The minimum absolute atomic E-state index is 0.0338. The zero-order valence-electron chi connectivity index (χ0n) is 13.2. The lowest BCUT2D eigenvalue weighted by Gasteiger charge is -2.24. The summed E-state index contributed by atoms with van der Waals surface area (Å²) in [6.07, 6.45) is 9.22. The molecule has 0 aromatic carbocycles. The fourth-order valence-electron chi connectivity index (χ4n) is 3.23. The summed E-state index contributed by atoms with van der Waals surface area (Å²) in [5, 5.41) is 0. The van der Waals surface area contributed by atoms with Crippen LogP contribution < -0.4 is 10.9 Å². The van der Waals surface area contributed by atoms with E-state index in [0.29, 0.717) is 6.54 Å². The van der Waals surface area contributed by atoms with Gasteiger partial charge in [0.25, 0.3) is 5.91 Å². The van der Waals surface area contributed by atoms with Gasteiger partial charge in [-0.1, -0.05) is 26.2 Å². The summed E-state index contributed by atoms with van der Waals surface area (Å²) >= 11 is 0. The lowest BCUT2D eigenvalue weighted by atomic mass is 9.85. The average molecular weight is 295 g/mol. The highest BCUT2D eigenvalue weighted by Gasteiger charge is 2.25. The van der Waals surface area contributed by atoms with Crippen molar-refractivity contribution in [2.24, 2.45) is 11.8 Å². The third kappa shape index (κ3) is 5.30. The first kappa shape index (κ1) is 16.3. The van der Waals surface area contributed by atoms with Crippen molar-refractivity contribution >= 4 is 11.8 Å². The van der Waals surface area contributed by atoms with Crippen molar-refractivity contribution in [2.75, 3.05) is 19.6 Å². The molecule has 1 saturated carbocycles. The highest BCUT2D eigenvalue weighted by atomic mass is 16.2. The molecule has 1 heterocycles. The molecule has 2 amide bonds. The van der Waals surface area contributed by atoms with Gasteiger partial charge in [0.1, 0.15) is 0 Å². The molecule has 1 aliphatic carbocycles. The Morgan fingerprint density at radius 3 is 2.52 bits per heavy atom. The van der Waals surface area contributed by atoms with Crippen LogP contribution in [0.4, 0.5) is 0 Å². The predicted octanol–water partition coefficient (Wildman–Crippen LogP) is 1.84. The van der Waals surface area contributed by atoms with Crippen LogP contribution in [0, 0.1) is 11.8 Å². The number of carbonyl (C=O) groups is 2. The Bertz CT molecular complexity index is 355. The maximum absolute atomic E-state index is 11.9. The fourth-order valence-corrected chi connectivity index (χ4v) is 3.23. The van der Waals surface area contributed by atoms with Gasteiger partial charge in [0.15, 0.2) is 0 Å². The summed E-state index contributed by atoms with van der Waals surface area (Å²) < 4.78 is 0. The molecule has 0 bridgehead atoms. The van der Waals surface area contributed by atoms with Crippen molar-refractivity contribution in [1.29, 1.82) is 0 Å². The van der Waals surface area contributed by atoms with Crippen LogP contribution in [-0.4, -0.2) is 36.3 Å². The van der Waals surface area contributed by atoms with Gasteiger partial charge in [-0.25, -0.2) is 0 Å². The largest absolute Gasteiger partial charge is 0.294 e. The van der Waals surface area contributed by atoms with E-state index in [0.717, 1.165) is 38.3 Å². The topological polar surface area (TPSA) is 61.4 Å². The van der Waals surface area contributed by atoms with Crippen LogP contribution in [0.3, 0.4) is 0 Å². The van der Waals surface area contributed by atoms with Crippen molar-refractivity contribution in [2.45, 2.75) is 58.3 Å². The Hall–Kier alpha value is -1.10. The first-order valence-electron chi connectivity index (χ1n) is 8.50. The van der Waals surface area contributed by atoms with E-state index in [1.165, 1.54) is 32.1 Å². The molecule has 0 spiro atoms. The molecule has 1 unspecified atom stereocenters. The van der Waals surface area contributed by atoms with Crippen molar-refractivity contribution in [3.8, 4) is 0 Å². The normalized spacial score (nSPS) is 24.0. The van der Waals surface area contributed by atoms with E-state index in [1.54, 1.807) is 0 Å². The molecule has 2 aliphatic rings. The summed E-state index contributed by atoms with van der Waals surface area (Å²) in [5.74, 6) is 0.796. The van der Waals surface area contributed by atoms with Crippen molar-refractivity contribution < 1.29 is 9.59 Å². The summed E-state index contributed by atoms with van der Waals surface area (Å²) in [5.41, 5.74) is 5.11. The maximum atomic E-state index is 11.9. The molecule has 2 rings (SSSR count). The number of nitrogens with zero attached hydrogens (tertiary/aromatic N) is 1. The van der Waals surface area contributed by atoms with E-state index < -0.39 is 0 Å². The molecule has 1 aliphatic heterocycles. The van der Waals surface area contributed by atoms with Crippen LogP contribution in [0.2, 0.25) is 0 Å². The van der Waals surface area contributed by atoms with Gasteiger partial charge in [-0.3, -0.25) is 25.3 Å². The standard InChI is InChI=1S/C16H29N3O2/c1-2-5-13-6-4-10-19(11-9-13)12-15(20)17-18-16(21)14-7-3-8-14/h13-14H,2-12H2,1H3,(H,17,20)(H,18,21). The van der Waals surface area contributed by atoms with E-state index in [9.17, 15) is 9.59 Å². The molecular weight excluding hydrogens is 266 g/mol. The van der Waals surface area contributed by atoms with Gasteiger partial charge in [0, 0.05) is 5.92 Å². The molecule has 0 aromatic rings. The number of nitrogens with one attached hydrogen (secondary N) is 2. The van der Waals surface area contributed by atoms with Crippen LogP contribution in [0.5, 0.6) is 0 Å². The molecule has 1 atom stereocenters. The van der Waals surface area contributed by atoms with Gasteiger partial charge < -0.3 is 0 Å². The average Bonchev–Trinajstić information content (AvgIpc) is 2.61. The maximum Gasteiger partial charge on any atom is 0.252 e. The molecule has 2 N–H and O–H groups in total.